The Bertz CT molecular complexity index is 722. The molecule has 3 rings (SSSR count). The number of nitrogens with one attached hydrogen (secondary N) is 2. The van der Waals surface area contributed by atoms with E-state index in [1.54, 1.807) is 0 Å². The summed E-state index contributed by atoms with van der Waals surface area (Å²) in [4.78, 5) is 11.6. The molecule has 1 aromatic carbocycles. The first kappa shape index (κ1) is 20.8. The number of aromatic nitrogens is 2. The van der Waals surface area contributed by atoms with Gasteiger partial charge in [0.1, 0.15) is 5.82 Å². The van der Waals surface area contributed by atoms with Gasteiger partial charge in [-0.3, -0.25) is 0 Å². The topological polar surface area (TPSA) is 53.1 Å². The molecular weight excluding hydrogens is 346 g/mol. The average Bonchev–Trinajstić information content (AvgIpc) is 2.71. The van der Waals surface area contributed by atoms with Gasteiger partial charge in [0.25, 0.3) is 0 Å². The van der Waals surface area contributed by atoms with Gasteiger partial charge >= 0.3 is 0 Å². The Balaban J connectivity index is 1.48. The van der Waals surface area contributed by atoms with Crippen molar-refractivity contribution in [1.29, 1.82) is 0 Å². The lowest BCUT2D eigenvalue weighted by Crippen LogP contribution is -2.32. The minimum atomic E-state index is 0.483. The summed E-state index contributed by atoms with van der Waals surface area (Å²) in [6.07, 6.45) is 10.3. The molecule has 1 heterocycles. The molecule has 0 radical (unpaired) electrons. The number of fused-ring (bicyclic) bond motifs is 1. The Labute approximate surface area is 170 Å². The number of nitrogens with zero attached hydrogens (tertiary/aromatic N) is 3. The van der Waals surface area contributed by atoms with Crippen LogP contribution < -0.4 is 15.5 Å². The number of para-hydroxylation sites is 1. The van der Waals surface area contributed by atoms with Crippen LogP contribution in [-0.4, -0.2) is 43.2 Å². The van der Waals surface area contributed by atoms with Crippen LogP contribution in [0.3, 0.4) is 0 Å². The molecule has 1 aliphatic rings. The number of benzene rings is 1. The van der Waals surface area contributed by atoms with Gasteiger partial charge in [-0.1, -0.05) is 38.3 Å². The van der Waals surface area contributed by atoms with Gasteiger partial charge in [-0.25, -0.2) is 4.98 Å². The third-order valence-corrected chi connectivity index (χ3v) is 5.83. The summed E-state index contributed by atoms with van der Waals surface area (Å²) in [5, 5.41) is 8.38. The monoisotopic (exact) mass is 383 g/mol. The van der Waals surface area contributed by atoms with Crippen molar-refractivity contribution in [3.8, 4) is 0 Å². The van der Waals surface area contributed by atoms with Crippen LogP contribution >= 0.6 is 0 Å². The van der Waals surface area contributed by atoms with E-state index < -0.39 is 0 Å². The second-order valence-corrected chi connectivity index (χ2v) is 8.41. The largest absolute Gasteiger partial charge is 0.362 e. The maximum atomic E-state index is 4.79. The summed E-state index contributed by atoms with van der Waals surface area (Å²) in [5.41, 5.74) is 1.00. The standard InChI is InChI=1S/C23H37N5/c1-4-5-6-9-16-24-17-18-12-14-19(15-13-18)25-23-26-21-11-8-7-10-20(21)22(27-23)28(2)3/h7-8,10-11,18-19,24H,4-6,9,12-17H2,1-3H3,(H,25,26,27). The average molecular weight is 384 g/mol. The summed E-state index contributed by atoms with van der Waals surface area (Å²) < 4.78 is 0. The molecule has 28 heavy (non-hydrogen) atoms. The lowest BCUT2D eigenvalue weighted by Gasteiger charge is -2.29. The van der Waals surface area contributed by atoms with Crippen LogP contribution in [0.4, 0.5) is 11.8 Å². The van der Waals surface area contributed by atoms with Gasteiger partial charge < -0.3 is 15.5 Å². The molecule has 0 saturated heterocycles. The number of hydrogen-bond donors (Lipinski definition) is 2. The Kier molecular flexibility index (Phi) is 7.90. The molecule has 0 spiro atoms. The van der Waals surface area contributed by atoms with Crippen LogP contribution in [-0.2, 0) is 0 Å². The fraction of sp³-hybridized carbons (Fsp3) is 0.652. The minimum absolute atomic E-state index is 0.483. The lowest BCUT2D eigenvalue weighted by atomic mass is 9.86. The predicted molar refractivity (Wildman–Crippen MR) is 120 cm³/mol. The van der Waals surface area contributed by atoms with Crippen molar-refractivity contribution in [3.63, 3.8) is 0 Å². The van der Waals surface area contributed by atoms with E-state index in [0.717, 1.165) is 28.6 Å². The van der Waals surface area contributed by atoms with Gasteiger partial charge in [0.05, 0.1) is 5.52 Å². The van der Waals surface area contributed by atoms with Crippen LogP contribution in [0.5, 0.6) is 0 Å². The van der Waals surface area contributed by atoms with E-state index in [2.05, 4.69) is 34.6 Å². The zero-order valence-electron chi connectivity index (χ0n) is 17.9. The van der Waals surface area contributed by atoms with Gasteiger partial charge in [-0.05, 0) is 63.2 Å². The van der Waals surface area contributed by atoms with E-state index in [1.165, 1.54) is 64.5 Å². The molecule has 0 aliphatic heterocycles. The molecule has 1 fully saturated rings. The van der Waals surface area contributed by atoms with E-state index in [-0.39, 0.29) is 0 Å². The second kappa shape index (κ2) is 10.6. The van der Waals surface area contributed by atoms with E-state index >= 15 is 0 Å². The Morgan fingerprint density at radius 1 is 1.00 bits per heavy atom. The molecule has 2 N–H and O–H groups in total. The summed E-state index contributed by atoms with van der Waals surface area (Å²) >= 11 is 0. The third-order valence-electron chi connectivity index (χ3n) is 5.83. The lowest BCUT2D eigenvalue weighted by molar-refractivity contribution is 0.323. The summed E-state index contributed by atoms with van der Waals surface area (Å²) in [6.45, 7) is 4.62. The first-order valence-electron chi connectivity index (χ1n) is 11.1. The zero-order chi connectivity index (χ0) is 19.8. The Morgan fingerprint density at radius 2 is 1.79 bits per heavy atom. The van der Waals surface area contributed by atoms with Crippen molar-refractivity contribution >= 4 is 22.7 Å². The number of unbranched alkanes of at least 4 members (excludes halogenated alkanes) is 3. The van der Waals surface area contributed by atoms with E-state index in [9.17, 15) is 0 Å². The SMILES string of the molecule is CCCCCCNCC1CCC(Nc2nc(N(C)C)c3ccccc3n2)CC1. The van der Waals surface area contributed by atoms with Gasteiger partial charge in [-0.15, -0.1) is 0 Å². The van der Waals surface area contributed by atoms with Crippen molar-refractivity contribution < 1.29 is 0 Å². The van der Waals surface area contributed by atoms with Gasteiger partial charge in [-0.2, -0.15) is 4.98 Å². The Morgan fingerprint density at radius 3 is 2.54 bits per heavy atom. The smallest absolute Gasteiger partial charge is 0.225 e. The highest BCUT2D eigenvalue weighted by Gasteiger charge is 2.22. The molecule has 154 valence electrons. The third kappa shape index (κ3) is 5.81. The number of hydrogen-bond acceptors (Lipinski definition) is 5. The van der Waals surface area contributed by atoms with Crippen LogP contribution in [0.25, 0.3) is 10.9 Å². The fourth-order valence-electron chi connectivity index (χ4n) is 4.14. The molecule has 2 aromatic rings. The molecule has 0 atom stereocenters. The number of anilines is 2. The van der Waals surface area contributed by atoms with E-state index in [0.29, 0.717) is 6.04 Å². The van der Waals surface area contributed by atoms with Crippen LogP contribution in [0.15, 0.2) is 24.3 Å². The fourth-order valence-corrected chi connectivity index (χ4v) is 4.14. The van der Waals surface area contributed by atoms with E-state index in [4.69, 9.17) is 9.97 Å². The van der Waals surface area contributed by atoms with Crippen molar-refractivity contribution in [2.75, 3.05) is 37.4 Å². The quantitative estimate of drug-likeness (QED) is 0.575. The summed E-state index contributed by atoms with van der Waals surface area (Å²) in [5.74, 6) is 2.56. The van der Waals surface area contributed by atoms with Crippen molar-refractivity contribution in [3.05, 3.63) is 24.3 Å². The molecule has 1 aliphatic carbocycles. The number of rotatable bonds is 10. The molecule has 5 nitrogen and oxygen atoms in total. The van der Waals surface area contributed by atoms with Crippen LogP contribution in [0.2, 0.25) is 0 Å². The maximum absolute atomic E-state index is 4.79. The second-order valence-electron chi connectivity index (χ2n) is 8.41. The van der Waals surface area contributed by atoms with Crippen molar-refractivity contribution in [2.24, 2.45) is 5.92 Å². The highest BCUT2D eigenvalue weighted by molar-refractivity contribution is 5.90. The minimum Gasteiger partial charge on any atom is -0.362 e. The Hall–Kier alpha value is -1.88. The van der Waals surface area contributed by atoms with Crippen LogP contribution in [0.1, 0.15) is 58.3 Å². The zero-order valence-corrected chi connectivity index (χ0v) is 17.9. The molecule has 1 saturated carbocycles. The molecule has 5 heteroatoms. The highest BCUT2D eigenvalue weighted by atomic mass is 15.2. The van der Waals surface area contributed by atoms with Gasteiger partial charge in [0, 0.05) is 25.5 Å². The first-order chi connectivity index (χ1) is 13.7. The van der Waals surface area contributed by atoms with Crippen molar-refractivity contribution in [1.82, 2.24) is 15.3 Å². The maximum Gasteiger partial charge on any atom is 0.225 e. The molecule has 0 amide bonds. The highest BCUT2D eigenvalue weighted by Crippen LogP contribution is 2.28. The summed E-state index contributed by atoms with van der Waals surface area (Å²) in [6, 6.07) is 8.73. The van der Waals surface area contributed by atoms with Crippen molar-refractivity contribution in [2.45, 2.75) is 64.3 Å². The molecule has 0 bridgehead atoms. The van der Waals surface area contributed by atoms with E-state index in [1.807, 2.05) is 26.2 Å². The van der Waals surface area contributed by atoms with Gasteiger partial charge in [0.2, 0.25) is 5.95 Å². The normalized spacial score (nSPS) is 19.7. The predicted octanol–water partition coefficient (Wildman–Crippen LogP) is 4.84. The molecule has 1 aromatic heterocycles. The first-order valence-corrected chi connectivity index (χ1v) is 11.1. The van der Waals surface area contributed by atoms with Gasteiger partial charge in [0.15, 0.2) is 0 Å². The molecular formula is C23H37N5. The summed E-state index contributed by atoms with van der Waals surface area (Å²) in [7, 11) is 4.08. The van der Waals surface area contributed by atoms with Crippen LogP contribution in [0, 0.1) is 5.92 Å². The molecule has 0 unspecified atom stereocenters.